The van der Waals surface area contributed by atoms with Crippen LogP contribution in [0, 0.1) is 13.8 Å². The molecule has 1 atom stereocenters. The molecule has 0 heterocycles. The predicted molar refractivity (Wildman–Crippen MR) is 62.1 cm³/mol. The molecule has 3 heteroatoms. The second kappa shape index (κ2) is 5.66. The maximum absolute atomic E-state index is 11.2. The number of benzene rings is 1. The van der Waals surface area contributed by atoms with Crippen LogP contribution in [0.3, 0.4) is 0 Å². The highest BCUT2D eigenvalue weighted by Gasteiger charge is 2.14. The Balaban J connectivity index is 2.72. The van der Waals surface area contributed by atoms with Gasteiger partial charge < -0.3 is 9.84 Å². The van der Waals surface area contributed by atoms with Gasteiger partial charge in [-0.05, 0) is 26.3 Å². The summed E-state index contributed by atoms with van der Waals surface area (Å²) < 4.78 is 4.80. The molecule has 1 aromatic rings. The van der Waals surface area contributed by atoms with Crippen molar-refractivity contribution in [2.45, 2.75) is 33.3 Å². The van der Waals surface area contributed by atoms with Crippen LogP contribution in [0.2, 0.25) is 0 Å². The molecule has 0 amide bonds. The lowest BCUT2D eigenvalue weighted by molar-refractivity contribution is -0.145. The number of esters is 1. The van der Waals surface area contributed by atoms with Crippen molar-refractivity contribution in [1.82, 2.24) is 0 Å². The zero-order chi connectivity index (χ0) is 12.1. The minimum atomic E-state index is -0.780. The number of aliphatic hydroxyl groups is 1. The summed E-state index contributed by atoms with van der Waals surface area (Å²) in [6.45, 7) is 6.03. The highest BCUT2D eigenvalue weighted by molar-refractivity contribution is 5.70. The average molecular weight is 222 g/mol. The maximum Gasteiger partial charge on any atom is 0.308 e. The Morgan fingerprint density at radius 3 is 2.38 bits per heavy atom. The molecule has 3 nitrogen and oxygen atoms in total. The summed E-state index contributed by atoms with van der Waals surface area (Å²) in [6.07, 6.45) is -0.769. The highest BCUT2D eigenvalue weighted by atomic mass is 16.5. The lowest BCUT2D eigenvalue weighted by Crippen LogP contribution is -2.10. The summed E-state index contributed by atoms with van der Waals surface area (Å²) in [4.78, 5) is 11.2. The molecule has 0 aliphatic heterocycles. The van der Waals surface area contributed by atoms with E-state index in [1.54, 1.807) is 6.92 Å². The van der Waals surface area contributed by atoms with Gasteiger partial charge in [-0.15, -0.1) is 0 Å². The molecule has 1 rings (SSSR count). The molecule has 1 N–H and O–H groups in total. The number of ether oxygens (including phenoxy) is 1. The summed E-state index contributed by atoms with van der Waals surface area (Å²) in [5.41, 5.74) is 2.93. The number of hydrogen-bond acceptors (Lipinski definition) is 3. The van der Waals surface area contributed by atoms with Crippen LogP contribution in [-0.4, -0.2) is 17.7 Å². The van der Waals surface area contributed by atoms with Gasteiger partial charge in [-0.25, -0.2) is 0 Å². The molecule has 0 saturated heterocycles. The van der Waals surface area contributed by atoms with E-state index in [1.165, 1.54) is 0 Å². The maximum atomic E-state index is 11.2. The summed E-state index contributed by atoms with van der Waals surface area (Å²) in [7, 11) is 0. The minimum Gasteiger partial charge on any atom is -0.466 e. The normalized spacial score (nSPS) is 12.2. The summed E-state index contributed by atoms with van der Waals surface area (Å²) in [5.74, 6) is -0.367. The van der Waals surface area contributed by atoms with Crippen LogP contribution in [0.25, 0.3) is 0 Å². The smallest absolute Gasteiger partial charge is 0.308 e. The van der Waals surface area contributed by atoms with Crippen LogP contribution in [0.4, 0.5) is 0 Å². The third-order valence-corrected chi connectivity index (χ3v) is 2.29. The fourth-order valence-corrected chi connectivity index (χ4v) is 1.70. The van der Waals surface area contributed by atoms with Crippen molar-refractivity contribution in [2.24, 2.45) is 0 Å². The quantitative estimate of drug-likeness (QED) is 0.795. The van der Waals surface area contributed by atoms with E-state index in [2.05, 4.69) is 0 Å². The molecule has 0 spiro atoms. The Bertz CT molecular complexity index is 351. The molecule has 0 bridgehead atoms. The molecular weight excluding hydrogens is 204 g/mol. The summed E-state index contributed by atoms with van der Waals surface area (Å²) in [5, 5.41) is 9.87. The number of hydrogen-bond donors (Lipinski definition) is 1. The monoisotopic (exact) mass is 222 g/mol. The van der Waals surface area contributed by atoms with Crippen molar-refractivity contribution in [1.29, 1.82) is 0 Å². The van der Waals surface area contributed by atoms with Crippen molar-refractivity contribution in [3.8, 4) is 0 Å². The van der Waals surface area contributed by atoms with E-state index < -0.39 is 6.10 Å². The van der Waals surface area contributed by atoms with E-state index in [1.807, 2.05) is 32.0 Å². The van der Waals surface area contributed by atoms with E-state index >= 15 is 0 Å². The zero-order valence-corrected chi connectivity index (χ0v) is 9.99. The largest absolute Gasteiger partial charge is 0.466 e. The Morgan fingerprint density at radius 2 is 1.88 bits per heavy atom. The second-order valence-corrected chi connectivity index (χ2v) is 3.95. The lowest BCUT2D eigenvalue weighted by Gasteiger charge is -2.12. The molecule has 0 saturated carbocycles. The molecule has 0 radical (unpaired) electrons. The fraction of sp³-hybridized carbons (Fsp3) is 0.462. The van der Waals surface area contributed by atoms with E-state index in [0.717, 1.165) is 16.7 Å². The van der Waals surface area contributed by atoms with E-state index in [0.29, 0.717) is 6.61 Å². The van der Waals surface area contributed by atoms with Crippen molar-refractivity contribution in [3.63, 3.8) is 0 Å². The molecular formula is C13H18O3. The SMILES string of the molecule is CCOC(=O)C[C@H](O)c1cc(C)cc(C)c1. The third kappa shape index (κ3) is 3.66. The standard InChI is InChI=1S/C13H18O3/c1-4-16-13(15)8-12(14)11-6-9(2)5-10(3)7-11/h5-7,12,14H,4,8H2,1-3H3/t12-/m0/s1. The van der Waals surface area contributed by atoms with Crippen molar-refractivity contribution < 1.29 is 14.6 Å². The van der Waals surface area contributed by atoms with Gasteiger partial charge in [-0.1, -0.05) is 29.3 Å². The molecule has 0 fully saturated rings. The molecule has 1 aromatic carbocycles. The first kappa shape index (κ1) is 12.7. The Labute approximate surface area is 96.1 Å². The van der Waals surface area contributed by atoms with Crippen LogP contribution < -0.4 is 0 Å². The van der Waals surface area contributed by atoms with E-state index in [9.17, 15) is 9.90 Å². The summed E-state index contributed by atoms with van der Waals surface area (Å²) in [6, 6.07) is 5.80. The first-order chi connectivity index (χ1) is 7.52. The van der Waals surface area contributed by atoms with Gasteiger partial charge in [-0.2, -0.15) is 0 Å². The minimum absolute atomic E-state index is 0.0106. The van der Waals surface area contributed by atoms with Gasteiger partial charge in [0.1, 0.15) is 0 Å². The number of rotatable bonds is 4. The molecule has 0 aliphatic rings. The predicted octanol–water partition coefficient (Wildman–Crippen LogP) is 2.29. The Hall–Kier alpha value is -1.35. The number of carbonyl (C=O) groups excluding carboxylic acids is 1. The van der Waals surface area contributed by atoms with Crippen molar-refractivity contribution >= 4 is 5.97 Å². The van der Waals surface area contributed by atoms with Crippen LogP contribution in [0.1, 0.15) is 36.1 Å². The molecule has 88 valence electrons. The molecule has 0 aromatic heterocycles. The molecule has 16 heavy (non-hydrogen) atoms. The van der Waals surface area contributed by atoms with Gasteiger partial charge in [0.15, 0.2) is 0 Å². The van der Waals surface area contributed by atoms with E-state index in [-0.39, 0.29) is 12.4 Å². The van der Waals surface area contributed by atoms with Crippen LogP contribution >= 0.6 is 0 Å². The average Bonchev–Trinajstić information content (AvgIpc) is 2.16. The van der Waals surface area contributed by atoms with Crippen LogP contribution in [-0.2, 0) is 9.53 Å². The highest BCUT2D eigenvalue weighted by Crippen LogP contribution is 2.20. The van der Waals surface area contributed by atoms with Crippen LogP contribution in [0.15, 0.2) is 18.2 Å². The van der Waals surface area contributed by atoms with E-state index in [4.69, 9.17) is 4.74 Å². The number of aliphatic hydroxyl groups excluding tert-OH is 1. The van der Waals surface area contributed by atoms with Gasteiger partial charge in [0.05, 0.1) is 19.1 Å². The van der Waals surface area contributed by atoms with Gasteiger partial charge in [-0.3, -0.25) is 4.79 Å². The third-order valence-electron chi connectivity index (χ3n) is 2.29. The Morgan fingerprint density at radius 1 is 1.31 bits per heavy atom. The summed E-state index contributed by atoms with van der Waals surface area (Å²) >= 11 is 0. The molecule has 0 unspecified atom stereocenters. The first-order valence-corrected chi connectivity index (χ1v) is 5.44. The van der Waals surface area contributed by atoms with Crippen molar-refractivity contribution in [2.75, 3.05) is 6.61 Å². The van der Waals surface area contributed by atoms with Gasteiger partial charge in [0.2, 0.25) is 0 Å². The van der Waals surface area contributed by atoms with Crippen LogP contribution in [0.5, 0.6) is 0 Å². The number of carbonyl (C=O) groups is 1. The fourth-order valence-electron chi connectivity index (χ4n) is 1.70. The molecule has 0 aliphatic carbocycles. The van der Waals surface area contributed by atoms with Gasteiger partial charge in [0, 0.05) is 0 Å². The zero-order valence-electron chi connectivity index (χ0n) is 9.99. The Kier molecular flexibility index (Phi) is 4.50. The number of aryl methyl sites for hydroxylation is 2. The second-order valence-electron chi connectivity index (χ2n) is 3.95. The lowest BCUT2D eigenvalue weighted by atomic mass is 10.0. The first-order valence-electron chi connectivity index (χ1n) is 5.44. The topological polar surface area (TPSA) is 46.5 Å². The van der Waals surface area contributed by atoms with Gasteiger partial charge in [0.25, 0.3) is 0 Å². The van der Waals surface area contributed by atoms with Crippen molar-refractivity contribution in [3.05, 3.63) is 34.9 Å². The van der Waals surface area contributed by atoms with Gasteiger partial charge >= 0.3 is 5.97 Å².